The first kappa shape index (κ1) is 7.07. The van der Waals surface area contributed by atoms with Crippen molar-refractivity contribution in [3.8, 4) is 0 Å². The second kappa shape index (κ2) is 2.30. The van der Waals surface area contributed by atoms with Crippen LogP contribution in [-0.2, 0) is 4.74 Å². The lowest BCUT2D eigenvalue weighted by Gasteiger charge is -2.16. The van der Waals surface area contributed by atoms with Crippen molar-refractivity contribution in [1.82, 2.24) is 0 Å². The highest BCUT2D eigenvalue weighted by Crippen LogP contribution is 2.26. The summed E-state index contributed by atoms with van der Waals surface area (Å²) in [5, 5.41) is 0. The van der Waals surface area contributed by atoms with Crippen LogP contribution in [0.4, 0.5) is 0 Å². The Morgan fingerprint density at radius 2 is 2.00 bits per heavy atom. The number of rotatable bonds is 2. The second-order valence-electron chi connectivity index (χ2n) is 4.05. The van der Waals surface area contributed by atoms with E-state index in [2.05, 4.69) is 20.8 Å². The van der Waals surface area contributed by atoms with Crippen LogP contribution >= 0.6 is 0 Å². The molecule has 54 valence electrons. The van der Waals surface area contributed by atoms with E-state index in [1.807, 2.05) is 0 Å². The van der Waals surface area contributed by atoms with Crippen LogP contribution in [0.3, 0.4) is 0 Å². The summed E-state index contributed by atoms with van der Waals surface area (Å²) in [5.74, 6) is 0. The van der Waals surface area contributed by atoms with E-state index in [4.69, 9.17) is 4.74 Å². The zero-order valence-electron chi connectivity index (χ0n) is 6.61. The molecule has 1 aliphatic rings. The van der Waals surface area contributed by atoms with E-state index in [9.17, 15) is 0 Å². The maximum absolute atomic E-state index is 5.10. The third kappa shape index (κ3) is 3.52. The van der Waals surface area contributed by atoms with Crippen LogP contribution in [0.1, 0.15) is 33.6 Å². The molecule has 0 amide bonds. The van der Waals surface area contributed by atoms with E-state index < -0.39 is 0 Å². The van der Waals surface area contributed by atoms with Crippen LogP contribution in [0.25, 0.3) is 0 Å². The molecule has 0 radical (unpaired) electrons. The van der Waals surface area contributed by atoms with Gasteiger partial charge in [-0.15, -0.1) is 0 Å². The van der Waals surface area contributed by atoms with E-state index >= 15 is 0 Å². The molecule has 0 aromatic rings. The van der Waals surface area contributed by atoms with Crippen molar-refractivity contribution >= 4 is 0 Å². The Balaban J connectivity index is 2.03. The molecule has 0 N–H and O–H groups in total. The fourth-order valence-electron chi connectivity index (χ4n) is 0.829. The van der Waals surface area contributed by atoms with Gasteiger partial charge in [-0.3, -0.25) is 0 Å². The standard InChI is InChI=1S/C8H16O/c1-8(2,3)5-4-7-6-9-7/h7H,4-6H2,1-3H3. The fraction of sp³-hybridized carbons (Fsp3) is 1.00. The molecule has 1 nitrogen and oxygen atoms in total. The minimum atomic E-state index is 0.492. The second-order valence-corrected chi connectivity index (χ2v) is 4.05. The van der Waals surface area contributed by atoms with Crippen molar-refractivity contribution in [3.63, 3.8) is 0 Å². The van der Waals surface area contributed by atoms with Crippen molar-refractivity contribution in [2.24, 2.45) is 5.41 Å². The molecular weight excluding hydrogens is 112 g/mol. The zero-order valence-corrected chi connectivity index (χ0v) is 6.61. The first-order valence-electron chi connectivity index (χ1n) is 3.69. The maximum Gasteiger partial charge on any atom is 0.0810 e. The van der Waals surface area contributed by atoms with Gasteiger partial charge in [-0.1, -0.05) is 20.8 Å². The lowest BCUT2D eigenvalue weighted by molar-refractivity contribution is 0.321. The molecule has 1 rings (SSSR count). The molecule has 0 aromatic carbocycles. The van der Waals surface area contributed by atoms with Gasteiger partial charge in [-0.05, 0) is 18.3 Å². The van der Waals surface area contributed by atoms with E-state index in [-0.39, 0.29) is 0 Å². The molecule has 1 saturated heterocycles. The highest BCUT2D eigenvalue weighted by atomic mass is 16.6. The monoisotopic (exact) mass is 128 g/mol. The lowest BCUT2D eigenvalue weighted by atomic mass is 9.90. The third-order valence-corrected chi connectivity index (χ3v) is 1.62. The van der Waals surface area contributed by atoms with Gasteiger partial charge < -0.3 is 4.74 Å². The summed E-state index contributed by atoms with van der Waals surface area (Å²) in [6.07, 6.45) is 3.16. The van der Waals surface area contributed by atoms with Gasteiger partial charge in [-0.2, -0.15) is 0 Å². The topological polar surface area (TPSA) is 12.5 Å². The predicted molar refractivity (Wildman–Crippen MR) is 38.4 cm³/mol. The number of hydrogen-bond acceptors (Lipinski definition) is 1. The van der Waals surface area contributed by atoms with Gasteiger partial charge in [0.25, 0.3) is 0 Å². The smallest absolute Gasteiger partial charge is 0.0810 e. The largest absolute Gasteiger partial charge is 0.373 e. The summed E-state index contributed by atoms with van der Waals surface area (Å²) in [6.45, 7) is 7.83. The Labute approximate surface area is 57.4 Å². The molecule has 1 heteroatoms. The van der Waals surface area contributed by atoms with Crippen LogP contribution in [0.15, 0.2) is 0 Å². The molecule has 1 atom stereocenters. The van der Waals surface area contributed by atoms with Crippen molar-refractivity contribution in [2.45, 2.75) is 39.7 Å². The van der Waals surface area contributed by atoms with Crippen LogP contribution in [0.2, 0.25) is 0 Å². The summed E-state index contributed by atoms with van der Waals surface area (Å²) in [5.41, 5.74) is 0.492. The molecule has 0 aliphatic carbocycles. The minimum Gasteiger partial charge on any atom is -0.373 e. The zero-order chi connectivity index (χ0) is 6.91. The van der Waals surface area contributed by atoms with Gasteiger partial charge in [-0.25, -0.2) is 0 Å². The van der Waals surface area contributed by atoms with E-state index in [1.165, 1.54) is 12.8 Å². The first-order valence-corrected chi connectivity index (χ1v) is 3.69. The Bertz CT molecular complexity index is 87.2. The Kier molecular flexibility index (Phi) is 1.80. The normalized spacial score (nSPS) is 26.3. The molecule has 0 spiro atoms. The summed E-state index contributed by atoms with van der Waals surface area (Å²) in [7, 11) is 0. The van der Waals surface area contributed by atoms with Crippen LogP contribution < -0.4 is 0 Å². The molecule has 1 unspecified atom stereocenters. The third-order valence-electron chi connectivity index (χ3n) is 1.62. The van der Waals surface area contributed by atoms with E-state index in [0.29, 0.717) is 11.5 Å². The van der Waals surface area contributed by atoms with Crippen molar-refractivity contribution in [3.05, 3.63) is 0 Å². The summed E-state index contributed by atoms with van der Waals surface area (Å²) >= 11 is 0. The van der Waals surface area contributed by atoms with Crippen LogP contribution in [0.5, 0.6) is 0 Å². The Hall–Kier alpha value is -0.0400. The molecule has 0 aromatic heterocycles. The quantitative estimate of drug-likeness (QED) is 0.519. The number of epoxide rings is 1. The van der Waals surface area contributed by atoms with Crippen molar-refractivity contribution in [2.75, 3.05) is 6.61 Å². The minimum absolute atomic E-state index is 0.492. The average Bonchev–Trinajstić information content (AvgIpc) is 2.38. The predicted octanol–water partition coefficient (Wildman–Crippen LogP) is 2.21. The maximum atomic E-state index is 5.10. The Morgan fingerprint density at radius 3 is 2.33 bits per heavy atom. The molecule has 1 aliphatic heterocycles. The van der Waals surface area contributed by atoms with Gasteiger partial charge in [0, 0.05) is 0 Å². The number of ether oxygens (including phenoxy) is 1. The molecule has 0 bridgehead atoms. The Morgan fingerprint density at radius 1 is 1.44 bits per heavy atom. The van der Waals surface area contributed by atoms with Crippen molar-refractivity contribution in [1.29, 1.82) is 0 Å². The average molecular weight is 128 g/mol. The summed E-state index contributed by atoms with van der Waals surface area (Å²) < 4.78 is 5.10. The van der Waals surface area contributed by atoms with Gasteiger partial charge in [0.1, 0.15) is 0 Å². The van der Waals surface area contributed by atoms with Crippen LogP contribution in [0, 0.1) is 5.41 Å². The van der Waals surface area contributed by atoms with Gasteiger partial charge in [0.15, 0.2) is 0 Å². The summed E-state index contributed by atoms with van der Waals surface area (Å²) in [6, 6.07) is 0. The van der Waals surface area contributed by atoms with Gasteiger partial charge in [0.05, 0.1) is 12.7 Å². The molecular formula is C8H16O. The molecule has 1 heterocycles. The van der Waals surface area contributed by atoms with Gasteiger partial charge in [0.2, 0.25) is 0 Å². The van der Waals surface area contributed by atoms with Crippen molar-refractivity contribution < 1.29 is 4.74 Å². The fourth-order valence-corrected chi connectivity index (χ4v) is 0.829. The molecule has 1 fully saturated rings. The SMILES string of the molecule is CC(C)(C)CCC1CO1. The van der Waals surface area contributed by atoms with E-state index in [0.717, 1.165) is 6.61 Å². The lowest BCUT2D eigenvalue weighted by Crippen LogP contribution is -2.05. The summed E-state index contributed by atoms with van der Waals surface area (Å²) in [4.78, 5) is 0. The highest BCUT2D eigenvalue weighted by Gasteiger charge is 2.24. The molecule has 0 saturated carbocycles. The molecule has 9 heavy (non-hydrogen) atoms. The first-order chi connectivity index (χ1) is 4.08. The van der Waals surface area contributed by atoms with Gasteiger partial charge >= 0.3 is 0 Å². The van der Waals surface area contributed by atoms with E-state index in [1.54, 1.807) is 0 Å². The van der Waals surface area contributed by atoms with Crippen LogP contribution in [-0.4, -0.2) is 12.7 Å². The number of hydrogen-bond donors (Lipinski definition) is 0. The highest BCUT2D eigenvalue weighted by molar-refractivity contribution is 4.72.